The molecule has 0 atom stereocenters. The maximum Gasteiger partial charge on any atom is 0.325 e. The van der Waals surface area contributed by atoms with E-state index in [4.69, 9.17) is 5.73 Å². The number of anilines is 3. The number of rotatable bonds is 6. The monoisotopic (exact) mass is 414 g/mol. The van der Waals surface area contributed by atoms with E-state index < -0.39 is 11.2 Å². The molecule has 0 saturated heterocycles. The number of aromatic nitrogens is 3. The minimum Gasteiger partial charge on any atom is -0.375 e. The van der Waals surface area contributed by atoms with Gasteiger partial charge in [0, 0.05) is 29.1 Å². The van der Waals surface area contributed by atoms with Crippen LogP contribution in [-0.4, -0.2) is 26.8 Å². The largest absolute Gasteiger partial charge is 0.375 e. The van der Waals surface area contributed by atoms with E-state index in [1.54, 1.807) is 31.2 Å². The third-order valence-electron chi connectivity index (χ3n) is 4.01. The number of amides is 2. The Bertz CT molecular complexity index is 1180. The van der Waals surface area contributed by atoms with Crippen LogP contribution in [0.4, 0.5) is 16.5 Å². The zero-order chi connectivity index (χ0) is 21.0. The first kappa shape index (κ1) is 20.0. The molecule has 150 valence electrons. The molecular formula is C18H18N6O4S. The number of thiazole rings is 1. The normalized spacial score (nSPS) is 10.5. The van der Waals surface area contributed by atoms with Crippen molar-refractivity contribution in [2.45, 2.75) is 19.8 Å². The number of nitrogens with zero attached hydrogens (tertiary/aromatic N) is 1. The zero-order valence-electron chi connectivity index (χ0n) is 15.4. The molecule has 0 unspecified atom stereocenters. The van der Waals surface area contributed by atoms with E-state index in [0.29, 0.717) is 32.6 Å². The van der Waals surface area contributed by atoms with Gasteiger partial charge in [0.2, 0.25) is 5.91 Å². The standard InChI is InChI=1S/C18H18N6O4S/c1-9-12(15(26)24-18(28)21-9)5-6-14(25)22-10-3-2-4-11(7-10)23-16(27)13-8-20-17(19)29-13/h2-4,7-8H,5-6H2,1H3,(H2,19,20)(H,22,25)(H,23,27)(H2,21,24,26,28). The van der Waals surface area contributed by atoms with Gasteiger partial charge in [-0.3, -0.25) is 19.4 Å². The van der Waals surface area contributed by atoms with E-state index in [-0.39, 0.29) is 24.7 Å². The molecule has 2 heterocycles. The molecule has 11 heteroatoms. The first-order valence-corrected chi connectivity index (χ1v) is 9.38. The molecule has 0 bridgehead atoms. The third kappa shape index (κ3) is 5.17. The van der Waals surface area contributed by atoms with Crippen molar-refractivity contribution in [3.8, 4) is 0 Å². The van der Waals surface area contributed by atoms with Crippen molar-refractivity contribution < 1.29 is 9.59 Å². The second kappa shape index (κ2) is 8.52. The highest BCUT2D eigenvalue weighted by molar-refractivity contribution is 7.17. The number of nitrogens with two attached hydrogens (primary N) is 1. The summed E-state index contributed by atoms with van der Waals surface area (Å²) in [4.78, 5) is 56.3. The number of aryl methyl sites for hydroxylation is 1. The molecule has 3 aromatic rings. The van der Waals surface area contributed by atoms with Crippen LogP contribution in [0.25, 0.3) is 0 Å². The molecule has 6 N–H and O–H groups in total. The van der Waals surface area contributed by atoms with Gasteiger partial charge in [0.05, 0.1) is 6.20 Å². The predicted octanol–water partition coefficient (Wildman–Crippen LogP) is 1.23. The SMILES string of the molecule is Cc1[nH]c(=O)[nH]c(=O)c1CCC(=O)Nc1cccc(NC(=O)c2cnc(N)s2)c1. The number of hydrogen-bond donors (Lipinski definition) is 5. The number of carbonyl (C=O) groups is 2. The van der Waals surface area contributed by atoms with Crippen molar-refractivity contribution in [3.05, 3.63) is 67.4 Å². The predicted molar refractivity (Wildman–Crippen MR) is 110 cm³/mol. The Morgan fingerprint density at radius 1 is 1.17 bits per heavy atom. The fourth-order valence-corrected chi connectivity index (χ4v) is 3.23. The number of H-pyrrole nitrogens is 2. The van der Waals surface area contributed by atoms with Crippen molar-refractivity contribution in [1.29, 1.82) is 0 Å². The maximum atomic E-state index is 12.2. The van der Waals surface area contributed by atoms with Crippen LogP contribution in [0.3, 0.4) is 0 Å². The second-order valence-electron chi connectivity index (χ2n) is 6.16. The smallest absolute Gasteiger partial charge is 0.325 e. The lowest BCUT2D eigenvalue weighted by Crippen LogP contribution is -2.27. The van der Waals surface area contributed by atoms with E-state index in [1.165, 1.54) is 6.20 Å². The van der Waals surface area contributed by atoms with Crippen molar-refractivity contribution in [2.24, 2.45) is 0 Å². The highest BCUT2D eigenvalue weighted by atomic mass is 32.1. The van der Waals surface area contributed by atoms with Gasteiger partial charge in [0.25, 0.3) is 11.5 Å². The van der Waals surface area contributed by atoms with Crippen molar-refractivity contribution in [3.63, 3.8) is 0 Å². The summed E-state index contributed by atoms with van der Waals surface area (Å²) < 4.78 is 0. The van der Waals surface area contributed by atoms with E-state index in [9.17, 15) is 19.2 Å². The average Bonchev–Trinajstić information content (AvgIpc) is 3.07. The van der Waals surface area contributed by atoms with E-state index in [2.05, 4.69) is 25.6 Å². The summed E-state index contributed by atoms with van der Waals surface area (Å²) in [7, 11) is 0. The molecule has 0 fully saturated rings. The van der Waals surface area contributed by atoms with Gasteiger partial charge in [0.15, 0.2) is 5.13 Å². The van der Waals surface area contributed by atoms with Crippen LogP contribution < -0.4 is 27.6 Å². The Hall–Kier alpha value is -3.73. The van der Waals surface area contributed by atoms with Crippen LogP contribution >= 0.6 is 11.3 Å². The zero-order valence-corrected chi connectivity index (χ0v) is 16.2. The number of nitrogen functional groups attached to an aromatic ring is 1. The number of carbonyl (C=O) groups excluding carboxylic acids is 2. The summed E-state index contributed by atoms with van der Waals surface area (Å²) in [6, 6.07) is 6.65. The van der Waals surface area contributed by atoms with Gasteiger partial charge in [-0.2, -0.15) is 0 Å². The Balaban J connectivity index is 1.61. The minimum absolute atomic E-state index is 0.0483. The van der Waals surface area contributed by atoms with Crippen molar-refractivity contribution >= 4 is 39.7 Å². The summed E-state index contributed by atoms with van der Waals surface area (Å²) in [6.45, 7) is 1.60. The first-order chi connectivity index (χ1) is 13.8. The van der Waals surface area contributed by atoms with Gasteiger partial charge in [-0.25, -0.2) is 9.78 Å². The Kier molecular flexibility index (Phi) is 5.88. The fourth-order valence-electron chi connectivity index (χ4n) is 2.65. The molecule has 0 aliphatic heterocycles. The number of benzene rings is 1. The van der Waals surface area contributed by atoms with Gasteiger partial charge in [0.1, 0.15) is 4.88 Å². The van der Waals surface area contributed by atoms with Crippen LogP contribution in [0.2, 0.25) is 0 Å². The number of aromatic amines is 2. The lowest BCUT2D eigenvalue weighted by Gasteiger charge is -2.09. The Morgan fingerprint density at radius 2 is 1.90 bits per heavy atom. The molecule has 2 aromatic heterocycles. The molecule has 10 nitrogen and oxygen atoms in total. The van der Waals surface area contributed by atoms with E-state index in [1.807, 2.05) is 0 Å². The van der Waals surface area contributed by atoms with Crippen molar-refractivity contribution in [1.82, 2.24) is 15.0 Å². The molecule has 0 aliphatic rings. The Labute approximate surface area is 168 Å². The van der Waals surface area contributed by atoms with Gasteiger partial charge >= 0.3 is 5.69 Å². The van der Waals surface area contributed by atoms with Gasteiger partial charge in [-0.15, -0.1) is 0 Å². The number of hydrogen-bond acceptors (Lipinski definition) is 7. The quantitative estimate of drug-likeness (QED) is 0.407. The molecule has 0 radical (unpaired) electrons. The maximum absolute atomic E-state index is 12.2. The van der Waals surface area contributed by atoms with Gasteiger partial charge in [-0.1, -0.05) is 17.4 Å². The molecule has 0 spiro atoms. The molecule has 1 aromatic carbocycles. The molecule has 2 amide bonds. The summed E-state index contributed by atoms with van der Waals surface area (Å²) in [5.41, 5.74) is 6.20. The molecule has 3 rings (SSSR count). The van der Waals surface area contributed by atoms with E-state index in [0.717, 1.165) is 11.3 Å². The van der Waals surface area contributed by atoms with E-state index >= 15 is 0 Å². The average molecular weight is 414 g/mol. The topological polar surface area (TPSA) is 163 Å². The third-order valence-corrected chi connectivity index (χ3v) is 4.83. The Morgan fingerprint density at radius 3 is 2.55 bits per heavy atom. The van der Waals surface area contributed by atoms with Crippen LogP contribution in [0.1, 0.15) is 27.3 Å². The van der Waals surface area contributed by atoms with Crippen LogP contribution in [0.15, 0.2) is 40.1 Å². The summed E-state index contributed by atoms with van der Waals surface area (Å²) in [6.07, 6.45) is 1.61. The van der Waals surface area contributed by atoms with Crippen LogP contribution in [-0.2, 0) is 11.2 Å². The minimum atomic E-state index is -0.583. The highest BCUT2D eigenvalue weighted by Crippen LogP contribution is 2.19. The summed E-state index contributed by atoms with van der Waals surface area (Å²) in [5, 5.41) is 5.72. The van der Waals surface area contributed by atoms with Crippen molar-refractivity contribution in [2.75, 3.05) is 16.4 Å². The van der Waals surface area contributed by atoms with Crippen LogP contribution in [0.5, 0.6) is 0 Å². The second-order valence-corrected chi connectivity index (χ2v) is 7.22. The summed E-state index contributed by atoms with van der Waals surface area (Å²) >= 11 is 1.07. The highest BCUT2D eigenvalue weighted by Gasteiger charge is 2.12. The lowest BCUT2D eigenvalue weighted by molar-refractivity contribution is -0.116. The number of nitrogens with one attached hydrogen (secondary N) is 4. The fraction of sp³-hybridized carbons (Fsp3) is 0.167. The van der Waals surface area contributed by atoms with Gasteiger partial charge < -0.3 is 21.4 Å². The molecule has 0 aliphatic carbocycles. The summed E-state index contributed by atoms with van der Waals surface area (Å²) in [5.74, 6) is -0.663. The molecule has 0 saturated carbocycles. The van der Waals surface area contributed by atoms with Gasteiger partial charge in [-0.05, 0) is 31.5 Å². The lowest BCUT2D eigenvalue weighted by atomic mass is 10.1. The molecular weight excluding hydrogens is 396 g/mol. The van der Waals surface area contributed by atoms with Crippen LogP contribution in [0, 0.1) is 6.92 Å². The first-order valence-electron chi connectivity index (χ1n) is 8.56. The molecule has 29 heavy (non-hydrogen) atoms.